The Morgan fingerprint density at radius 2 is 1.84 bits per heavy atom. The topological polar surface area (TPSA) is 55.3 Å². The molecule has 0 aliphatic carbocycles. The van der Waals surface area contributed by atoms with E-state index in [2.05, 4.69) is 31.0 Å². The molecule has 0 radical (unpaired) electrons. The largest absolute Gasteiger partial charge is 0.496 e. The summed E-state index contributed by atoms with van der Waals surface area (Å²) < 4.78 is 6.46. The average molecular weight is 432 g/mol. The summed E-state index contributed by atoms with van der Waals surface area (Å²) in [4.78, 5) is 24.5. The van der Waals surface area contributed by atoms with Crippen LogP contribution in [0.4, 0.5) is 5.13 Å². The van der Waals surface area contributed by atoms with Gasteiger partial charge in [0.1, 0.15) is 5.75 Å². The molecule has 5 nitrogen and oxygen atoms in total. The second kappa shape index (κ2) is 8.86. The van der Waals surface area contributed by atoms with E-state index in [1.807, 2.05) is 43.3 Å². The van der Waals surface area contributed by atoms with Gasteiger partial charge < -0.3 is 4.74 Å². The number of hydrogen-bond acceptors (Lipinski definition) is 5. The number of ether oxygens (including phenoxy) is 1. The van der Waals surface area contributed by atoms with Gasteiger partial charge in [0, 0.05) is 6.20 Å². The summed E-state index contributed by atoms with van der Waals surface area (Å²) >= 11 is 1.56. The fourth-order valence-corrected chi connectivity index (χ4v) is 4.73. The zero-order chi connectivity index (χ0) is 22.0. The Morgan fingerprint density at radius 3 is 2.52 bits per heavy atom. The third-order valence-corrected chi connectivity index (χ3v) is 6.54. The van der Waals surface area contributed by atoms with E-state index in [-0.39, 0.29) is 12.3 Å². The van der Waals surface area contributed by atoms with Crippen LogP contribution in [0.3, 0.4) is 0 Å². The van der Waals surface area contributed by atoms with Crippen molar-refractivity contribution in [3.8, 4) is 5.75 Å². The molecule has 2 aromatic carbocycles. The molecular weight excluding hydrogens is 406 g/mol. The zero-order valence-electron chi connectivity index (χ0n) is 18.2. The lowest BCUT2D eigenvalue weighted by Gasteiger charge is -2.20. The van der Waals surface area contributed by atoms with Crippen LogP contribution in [0.25, 0.3) is 10.2 Å². The molecule has 2 aromatic heterocycles. The number of aromatic nitrogens is 2. The summed E-state index contributed by atoms with van der Waals surface area (Å²) in [6, 6.07) is 15.8. The minimum absolute atomic E-state index is 0.00965. The highest BCUT2D eigenvalue weighted by molar-refractivity contribution is 7.22. The maximum Gasteiger partial charge on any atom is 0.233 e. The number of hydrogen-bond donors (Lipinski definition) is 0. The Bertz CT molecular complexity index is 1200. The molecule has 0 bridgehead atoms. The molecule has 0 unspecified atom stereocenters. The molecule has 0 saturated heterocycles. The van der Waals surface area contributed by atoms with E-state index in [9.17, 15) is 4.79 Å². The van der Waals surface area contributed by atoms with Crippen molar-refractivity contribution in [1.82, 2.24) is 9.97 Å². The van der Waals surface area contributed by atoms with Gasteiger partial charge in [0.2, 0.25) is 5.91 Å². The van der Waals surface area contributed by atoms with Crippen LogP contribution in [-0.4, -0.2) is 23.0 Å². The van der Waals surface area contributed by atoms with E-state index in [0.717, 1.165) is 38.4 Å². The van der Waals surface area contributed by atoms with Gasteiger partial charge in [0.25, 0.3) is 0 Å². The third-order valence-electron chi connectivity index (χ3n) is 5.32. The molecule has 2 heterocycles. The van der Waals surface area contributed by atoms with Crippen LogP contribution < -0.4 is 9.64 Å². The molecule has 4 rings (SSSR count). The minimum Gasteiger partial charge on any atom is -0.496 e. The predicted octanol–water partition coefficient (Wildman–Crippen LogP) is 5.40. The zero-order valence-corrected chi connectivity index (χ0v) is 19.0. The molecule has 31 heavy (non-hydrogen) atoms. The number of carbonyl (C=O) groups excluding carboxylic acids is 1. The number of nitrogens with zero attached hydrogens (tertiary/aromatic N) is 3. The minimum atomic E-state index is -0.00965. The molecule has 0 atom stereocenters. The van der Waals surface area contributed by atoms with Crippen molar-refractivity contribution in [1.29, 1.82) is 0 Å². The number of pyridine rings is 1. The first-order valence-corrected chi connectivity index (χ1v) is 11.0. The van der Waals surface area contributed by atoms with Crippen LogP contribution in [0.2, 0.25) is 0 Å². The van der Waals surface area contributed by atoms with E-state index >= 15 is 0 Å². The number of rotatable bonds is 6. The molecule has 0 fully saturated rings. The van der Waals surface area contributed by atoms with Gasteiger partial charge in [-0.05, 0) is 61.2 Å². The number of amides is 1. The molecule has 0 saturated carbocycles. The normalized spacial score (nSPS) is 11.0. The van der Waals surface area contributed by atoms with Gasteiger partial charge in [-0.1, -0.05) is 41.7 Å². The Labute approximate surface area is 186 Å². The quantitative estimate of drug-likeness (QED) is 0.410. The van der Waals surface area contributed by atoms with Crippen molar-refractivity contribution in [2.75, 3.05) is 12.0 Å². The molecular formula is C25H25N3O2S. The standard InChI is InChI=1S/C25H25N3O2S/c1-16-8-9-17(2)24-23(16)27-25(31-24)28(15-20-7-5-6-12-26-20)22(29)14-19-10-11-21(30-4)18(3)13-19/h5-13H,14-15H2,1-4H3. The smallest absolute Gasteiger partial charge is 0.233 e. The fraction of sp³-hybridized carbons (Fsp3) is 0.240. The molecule has 6 heteroatoms. The fourth-order valence-electron chi connectivity index (χ4n) is 3.60. The maximum atomic E-state index is 13.5. The van der Waals surface area contributed by atoms with Crippen molar-refractivity contribution < 1.29 is 9.53 Å². The number of benzene rings is 2. The van der Waals surface area contributed by atoms with Gasteiger partial charge in [0.15, 0.2) is 5.13 Å². The number of fused-ring (bicyclic) bond motifs is 1. The summed E-state index contributed by atoms with van der Waals surface area (Å²) in [5, 5.41) is 0.702. The van der Waals surface area contributed by atoms with E-state index in [4.69, 9.17) is 9.72 Å². The summed E-state index contributed by atoms with van der Waals surface area (Å²) in [5.41, 5.74) is 6.02. The Kier molecular flexibility index (Phi) is 6.00. The van der Waals surface area contributed by atoms with Gasteiger partial charge >= 0.3 is 0 Å². The van der Waals surface area contributed by atoms with Gasteiger partial charge in [0.05, 0.1) is 36.0 Å². The summed E-state index contributed by atoms with van der Waals surface area (Å²) in [6.45, 7) is 6.50. The highest BCUT2D eigenvalue weighted by Gasteiger charge is 2.22. The highest BCUT2D eigenvalue weighted by atomic mass is 32.1. The van der Waals surface area contributed by atoms with Crippen LogP contribution in [0.1, 0.15) is 27.9 Å². The first-order chi connectivity index (χ1) is 15.0. The second-order valence-electron chi connectivity index (χ2n) is 7.66. The van der Waals surface area contributed by atoms with Crippen LogP contribution >= 0.6 is 11.3 Å². The number of aryl methyl sites for hydroxylation is 3. The highest BCUT2D eigenvalue weighted by Crippen LogP contribution is 2.34. The lowest BCUT2D eigenvalue weighted by atomic mass is 10.1. The second-order valence-corrected chi connectivity index (χ2v) is 8.63. The summed E-state index contributed by atoms with van der Waals surface area (Å²) in [5.74, 6) is 0.809. The Balaban J connectivity index is 1.70. The van der Waals surface area contributed by atoms with E-state index in [0.29, 0.717) is 11.7 Å². The van der Waals surface area contributed by atoms with Gasteiger partial charge in [-0.25, -0.2) is 4.98 Å². The molecule has 1 amide bonds. The van der Waals surface area contributed by atoms with Crippen molar-refractivity contribution >= 4 is 32.6 Å². The molecule has 0 spiro atoms. The average Bonchev–Trinajstić information content (AvgIpc) is 3.22. The van der Waals surface area contributed by atoms with Crippen molar-refractivity contribution in [2.45, 2.75) is 33.7 Å². The number of methoxy groups -OCH3 is 1. The maximum absolute atomic E-state index is 13.5. The lowest BCUT2D eigenvalue weighted by molar-refractivity contribution is -0.118. The van der Waals surface area contributed by atoms with Crippen LogP contribution in [-0.2, 0) is 17.8 Å². The molecule has 0 aliphatic heterocycles. The lowest BCUT2D eigenvalue weighted by Crippen LogP contribution is -2.32. The van der Waals surface area contributed by atoms with Crippen LogP contribution in [0, 0.1) is 20.8 Å². The van der Waals surface area contributed by atoms with Crippen LogP contribution in [0.5, 0.6) is 5.75 Å². The van der Waals surface area contributed by atoms with E-state index in [1.165, 1.54) is 5.56 Å². The predicted molar refractivity (Wildman–Crippen MR) is 126 cm³/mol. The van der Waals surface area contributed by atoms with E-state index < -0.39 is 0 Å². The summed E-state index contributed by atoms with van der Waals surface area (Å²) in [6.07, 6.45) is 2.03. The van der Waals surface area contributed by atoms with Crippen molar-refractivity contribution in [3.05, 3.63) is 82.7 Å². The molecule has 4 aromatic rings. The van der Waals surface area contributed by atoms with Gasteiger partial charge in [-0.3, -0.25) is 14.7 Å². The third kappa shape index (κ3) is 4.44. The SMILES string of the molecule is COc1ccc(CC(=O)N(Cc2ccccn2)c2nc3c(C)ccc(C)c3s2)cc1C. The first-order valence-electron chi connectivity index (χ1n) is 10.2. The van der Waals surface area contributed by atoms with Gasteiger partial charge in [-0.2, -0.15) is 0 Å². The van der Waals surface area contributed by atoms with Gasteiger partial charge in [-0.15, -0.1) is 0 Å². The first kappa shape index (κ1) is 21.0. The summed E-state index contributed by atoms with van der Waals surface area (Å²) in [7, 11) is 1.65. The Hall–Kier alpha value is -3.25. The van der Waals surface area contributed by atoms with E-state index in [1.54, 1.807) is 29.5 Å². The number of carbonyl (C=O) groups is 1. The molecule has 0 aliphatic rings. The number of anilines is 1. The molecule has 158 valence electrons. The van der Waals surface area contributed by atoms with Crippen molar-refractivity contribution in [2.24, 2.45) is 0 Å². The number of thiazole rings is 1. The van der Waals surface area contributed by atoms with Crippen LogP contribution in [0.15, 0.2) is 54.7 Å². The van der Waals surface area contributed by atoms with Crippen molar-refractivity contribution in [3.63, 3.8) is 0 Å². The molecule has 0 N–H and O–H groups in total. The Morgan fingerprint density at radius 1 is 1.03 bits per heavy atom. The monoisotopic (exact) mass is 431 g/mol.